The maximum Gasteiger partial charge on any atom is 0.212 e. The standard InChI is InChI=1S/C16H27NO2S/c1-5-7-12-20(18,19)17-14(4)16-10-8-15(9-11-16)13(3)6-2/h8-11,13-14,17H,5-7,12H2,1-4H3. The second-order valence-corrected chi connectivity index (χ2v) is 7.36. The van der Waals surface area contributed by atoms with Gasteiger partial charge in [-0.2, -0.15) is 0 Å². The normalized spacial score (nSPS) is 15.0. The molecule has 0 saturated carbocycles. The molecule has 2 unspecified atom stereocenters. The Labute approximate surface area is 123 Å². The van der Waals surface area contributed by atoms with Crippen LogP contribution in [0, 0.1) is 0 Å². The average Bonchev–Trinajstić information content (AvgIpc) is 2.44. The molecule has 1 aromatic carbocycles. The van der Waals surface area contributed by atoms with Crippen LogP contribution >= 0.6 is 0 Å². The largest absolute Gasteiger partial charge is 0.212 e. The number of unbranched alkanes of at least 4 members (excludes halogenated alkanes) is 1. The van der Waals surface area contributed by atoms with Gasteiger partial charge in [0.25, 0.3) is 0 Å². The highest BCUT2D eigenvalue weighted by Crippen LogP contribution is 2.21. The van der Waals surface area contributed by atoms with Crippen molar-refractivity contribution >= 4 is 10.0 Å². The van der Waals surface area contributed by atoms with Gasteiger partial charge in [0, 0.05) is 6.04 Å². The van der Waals surface area contributed by atoms with E-state index >= 15 is 0 Å². The molecule has 3 nitrogen and oxygen atoms in total. The van der Waals surface area contributed by atoms with E-state index in [0.717, 1.165) is 18.4 Å². The third-order valence-electron chi connectivity index (χ3n) is 3.74. The van der Waals surface area contributed by atoms with Crippen LogP contribution in [0.3, 0.4) is 0 Å². The van der Waals surface area contributed by atoms with Crippen LogP contribution in [0.4, 0.5) is 0 Å². The number of nitrogens with one attached hydrogen (secondary N) is 1. The molecule has 4 heteroatoms. The summed E-state index contributed by atoms with van der Waals surface area (Å²) in [5.41, 5.74) is 2.31. The van der Waals surface area contributed by atoms with Crippen LogP contribution in [0.15, 0.2) is 24.3 Å². The lowest BCUT2D eigenvalue weighted by atomic mass is 9.96. The molecule has 20 heavy (non-hydrogen) atoms. The summed E-state index contributed by atoms with van der Waals surface area (Å²) < 4.78 is 26.5. The van der Waals surface area contributed by atoms with Crippen LogP contribution in [-0.2, 0) is 10.0 Å². The molecular weight excluding hydrogens is 270 g/mol. The first-order chi connectivity index (χ1) is 9.39. The molecule has 1 aromatic rings. The summed E-state index contributed by atoms with van der Waals surface area (Å²) in [6.45, 7) is 8.25. The highest BCUT2D eigenvalue weighted by atomic mass is 32.2. The highest BCUT2D eigenvalue weighted by Gasteiger charge is 2.15. The van der Waals surface area contributed by atoms with E-state index in [0.29, 0.717) is 12.3 Å². The van der Waals surface area contributed by atoms with Crippen molar-refractivity contribution in [1.29, 1.82) is 0 Å². The zero-order valence-corrected chi connectivity index (χ0v) is 13.8. The Morgan fingerprint density at radius 2 is 1.60 bits per heavy atom. The summed E-state index contributed by atoms with van der Waals surface area (Å²) in [6, 6.07) is 8.06. The molecule has 0 bridgehead atoms. The fourth-order valence-corrected chi connectivity index (χ4v) is 3.54. The van der Waals surface area contributed by atoms with Gasteiger partial charge in [0.15, 0.2) is 0 Å². The summed E-state index contributed by atoms with van der Waals surface area (Å²) in [6.07, 6.45) is 2.70. The summed E-state index contributed by atoms with van der Waals surface area (Å²) in [5.74, 6) is 0.749. The minimum atomic E-state index is -3.17. The monoisotopic (exact) mass is 297 g/mol. The zero-order valence-electron chi connectivity index (χ0n) is 13.0. The van der Waals surface area contributed by atoms with Crippen LogP contribution in [0.25, 0.3) is 0 Å². The van der Waals surface area contributed by atoms with Gasteiger partial charge in [-0.1, -0.05) is 51.5 Å². The first kappa shape index (κ1) is 17.2. The molecule has 0 aliphatic carbocycles. The lowest BCUT2D eigenvalue weighted by molar-refractivity contribution is 0.563. The van der Waals surface area contributed by atoms with Crippen molar-refractivity contribution in [2.45, 2.75) is 58.9 Å². The van der Waals surface area contributed by atoms with Crippen LogP contribution in [-0.4, -0.2) is 14.2 Å². The van der Waals surface area contributed by atoms with Gasteiger partial charge in [0.1, 0.15) is 0 Å². The van der Waals surface area contributed by atoms with Crippen molar-refractivity contribution in [3.05, 3.63) is 35.4 Å². The lowest BCUT2D eigenvalue weighted by Crippen LogP contribution is -2.29. The van der Waals surface area contributed by atoms with Gasteiger partial charge < -0.3 is 0 Å². The number of hydrogen-bond acceptors (Lipinski definition) is 2. The number of benzene rings is 1. The van der Waals surface area contributed by atoms with E-state index in [-0.39, 0.29) is 11.8 Å². The number of hydrogen-bond donors (Lipinski definition) is 1. The Morgan fingerprint density at radius 1 is 1.05 bits per heavy atom. The Kier molecular flexibility index (Phi) is 6.69. The maximum atomic E-state index is 11.9. The molecule has 1 N–H and O–H groups in total. The van der Waals surface area contributed by atoms with E-state index in [9.17, 15) is 8.42 Å². The van der Waals surface area contributed by atoms with E-state index in [4.69, 9.17) is 0 Å². The molecule has 0 heterocycles. The average molecular weight is 297 g/mol. The van der Waals surface area contributed by atoms with E-state index in [1.165, 1.54) is 5.56 Å². The topological polar surface area (TPSA) is 46.2 Å². The van der Waals surface area contributed by atoms with Crippen LogP contribution in [0.2, 0.25) is 0 Å². The van der Waals surface area contributed by atoms with Crippen LogP contribution in [0.5, 0.6) is 0 Å². The fraction of sp³-hybridized carbons (Fsp3) is 0.625. The molecule has 0 aliphatic rings. The molecule has 0 fully saturated rings. The van der Waals surface area contributed by atoms with Crippen molar-refractivity contribution in [3.63, 3.8) is 0 Å². The first-order valence-electron chi connectivity index (χ1n) is 7.49. The molecule has 0 amide bonds. The summed E-state index contributed by atoms with van der Waals surface area (Å²) in [7, 11) is -3.17. The SMILES string of the molecule is CCCCS(=O)(=O)NC(C)c1ccc(C(C)CC)cc1. The number of sulfonamides is 1. The quantitative estimate of drug-likeness (QED) is 0.789. The smallest absolute Gasteiger partial charge is 0.212 e. The van der Waals surface area contributed by atoms with Crippen molar-refractivity contribution < 1.29 is 8.42 Å². The Bertz CT molecular complexity index is 494. The van der Waals surface area contributed by atoms with Crippen LogP contribution in [0.1, 0.15) is 70.0 Å². The molecule has 0 saturated heterocycles. The molecule has 0 aromatic heterocycles. The minimum Gasteiger partial charge on any atom is -0.212 e. The van der Waals surface area contributed by atoms with Crippen LogP contribution < -0.4 is 4.72 Å². The summed E-state index contributed by atoms with van der Waals surface area (Å²) in [5, 5.41) is 0. The summed E-state index contributed by atoms with van der Waals surface area (Å²) in [4.78, 5) is 0. The van der Waals surface area contributed by atoms with Gasteiger partial charge >= 0.3 is 0 Å². The van der Waals surface area contributed by atoms with Crippen molar-refractivity contribution in [1.82, 2.24) is 4.72 Å². The van der Waals surface area contributed by atoms with Crippen molar-refractivity contribution in [2.75, 3.05) is 5.75 Å². The minimum absolute atomic E-state index is 0.178. The molecule has 2 atom stereocenters. The highest BCUT2D eigenvalue weighted by molar-refractivity contribution is 7.89. The Hall–Kier alpha value is -0.870. The van der Waals surface area contributed by atoms with Gasteiger partial charge in [-0.05, 0) is 36.8 Å². The third-order valence-corrected chi connectivity index (χ3v) is 5.28. The summed E-state index contributed by atoms with van der Waals surface area (Å²) >= 11 is 0. The van der Waals surface area contributed by atoms with Gasteiger partial charge in [-0.15, -0.1) is 0 Å². The predicted molar refractivity (Wildman–Crippen MR) is 85.4 cm³/mol. The molecule has 1 rings (SSSR count). The molecule has 0 radical (unpaired) electrons. The maximum absolute atomic E-state index is 11.9. The van der Waals surface area contributed by atoms with E-state index in [1.807, 2.05) is 26.0 Å². The fourth-order valence-electron chi connectivity index (χ4n) is 2.08. The zero-order chi connectivity index (χ0) is 15.2. The third kappa shape index (κ3) is 5.25. The van der Waals surface area contributed by atoms with Gasteiger partial charge in [-0.25, -0.2) is 13.1 Å². The Balaban J connectivity index is 2.70. The molecular formula is C16H27NO2S. The lowest BCUT2D eigenvalue weighted by Gasteiger charge is -2.16. The second kappa shape index (κ2) is 7.79. The molecule has 114 valence electrons. The van der Waals surface area contributed by atoms with Gasteiger partial charge in [-0.3, -0.25) is 0 Å². The van der Waals surface area contributed by atoms with Gasteiger partial charge in [0.2, 0.25) is 10.0 Å². The second-order valence-electron chi connectivity index (χ2n) is 5.49. The molecule has 0 aliphatic heterocycles. The van der Waals surface area contributed by atoms with Gasteiger partial charge in [0.05, 0.1) is 5.75 Å². The molecule has 0 spiro atoms. The van der Waals surface area contributed by atoms with E-state index in [2.05, 4.69) is 30.7 Å². The predicted octanol–water partition coefficient (Wildman–Crippen LogP) is 3.98. The van der Waals surface area contributed by atoms with E-state index < -0.39 is 10.0 Å². The van der Waals surface area contributed by atoms with Crippen molar-refractivity contribution in [2.24, 2.45) is 0 Å². The first-order valence-corrected chi connectivity index (χ1v) is 9.14. The Morgan fingerprint density at radius 3 is 2.10 bits per heavy atom. The number of rotatable bonds is 8. The van der Waals surface area contributed by atoms with E-state index in [1.54, 1.807) is 0 Å². The van der Waals surface area contributed by atoms with Crippen molar-refractivity contribution in [3.8, 4) is 0 Å².